The monoisotopic (exact) mass is 308 g/mol. The minimum Gasteiger partial charge on any atom is -0.325 e. The molecule has 18 heavy (non-hydrogen) atoms. The van der Waals surface area contributed by atoms with E-state index in [-0.39, 0.29) is 0 Å². The molecule has 1 saturated heterocycles. The maximum Gasteiger partial charge on any atom is 0.177 e. The van der Waals surface area contributed by atoms with Gasteiger partial charge in [-0.25, -0.2) is 9.97 Å². The van der Waals surface area contributed by atoms with Crippen LogP contribution in [0.1, 0.15) is 25.1 Å². The third-order valence-corrected chi connectivity index (χ3v) is 4.01. The van der Waals surface area contributed by atoms with Crippen molar-refractivity contribution in [3.05, 3.63) is 22.6 Å². The van der Waals surface area contributed by atoms with Crippen LogP contribution in [0.4, 0.5) is 0 Å². The summed E-state index contributed by atoms with van der Waals surface area (Å²) in [5.41, 5.74) is 1.96. The number of nitrogens with zero attached hydrogens (tertiary/aromatic N) is 3. The standard InChI is InChI=1S/C13H17BrN4/c1-9-17-13-12(6-10(14)7-16-13)18(9)8-11-4-2-3-5-15-11/h6-7,11,15H,2-5,8H2,1H3/t11-/m0/s1. The highest BCUT2D eigenvalue weighted by atomic mass is 79.9. The van der Waals surface area contributed by atoms with E-state index in [0.29, 0.717) is 6.04 Å². The zero-order valence-electron chi connectivity index (χ0n) is 10.5. The van der Waals surface area contributed by atoms with Gasteiger partial charge in [-0.15, -0.1) is 0 Å². The number of aryl methyl sites for hydroxylation is 1. The zero-order valence-corrected chi connectivity index (χ0v) is 12.1. The van der Waals surface area contributed by atoms with Crippen LogP contribution in [0, 0.1) is 6.92 Å². The second-order valence-electron chi connectivity index (χ2n) is 4.91. The van der Waals surface area contributed by atoms with Crippen LogP contribution >= 0.6 is 15.9 Å². The number of hydrogen-bond acceptors (Lipinski definition) is 3. The van der Waals surface area contributed by atoms with Gasteiger partial charge in [0.1, 0.15) is 5.82 Å². The summed E-state index contributed by atoms with van der Waals surface area (Å²) in [5.74, 6) is 1.04. The number of halogens is 1. The number of imidazole rings is 1. The Morgan fingerprint density at radius 3 is 3.17 bits per heavy atom. The van der Waals surface area contributed by atoms with Crippen LogP contribution < -0.4 is 5.32 Å². The van der Waals surface area contributed by atoms with E-state index in [1.54, 1.807) is 6.20 Å². The quantitative estimate of drug-likeness (QED) is 0.927. The molecule has 0 radical (unpaired) electrons. The van der Waals surface area contributed by atoms with Gasteiger partial charge in [0, 0.05) is 23.3 Å². The summed E-state index contributed by atoms with van der Waals surface area (Å²) in [6, 6.07) is 2.67. The van der Waals surface area contributed by atoms with Crippen molar-refractivity contribution < 1.29 is 0 Å². The molecule has 3 heterocycles. The van der Waals surface area contributed by atoms with E-state index in [9.17, 15) is 0 Å². The van der Waals surface area contributed by atoms with Crippen molar-refractivity contribution in [1.82, 2.24) is 19.9 Å². The first-order chi connectivity index (χ1) is 8.74. The Balaban J connectivity index is 1.94. The Morgan fingerprint density at radius 1 is 1.50 bits per heavy atom. The molecule has 5 heteroatoms. The molecule has 0 bridgehead atoms. The minimum atomic E-state index is 0.564. The van der Waals surface area contributed by atoms with E-state index in [0.717, 1.165) is 34.6 Å². The summed E-state index contributed by atoms with van der Waals surface area (Å²) in [6.45, 7) is 4.18. The number of aromatic nitrogens is 3. The van der Waals surface area contributed by atoms with E-state index >= 15 is 0 Å². The number of pyridine rings is 1. The fraction of sp³-hybridized carbons (Fsp3) is 0.538. The molecular formula is C13H17BrN4. The van der Waals surface area contributed by atoms with E-state index < -0.39 is 0 Å². The Morgan fingerprint density at radius 2 is 2.39 bits per heavy atom. The average molecular weight is 309 g/mol. The van der Waals surface area contributed by atoms with Crippen molar-refractivity contribution in [3.63, 3.8) is 0 Å². The molecule has 2 aromatic rings. The van der Waals surface area contributed by atoms with Gasteiger partial charge >= 0.3 is 0 Å². The molecule has 1 atom stereocenters. The van der Waals surface area contributed by atoms with Crippen LogP contribution in [0.2, 0.25) is 0 Å². The Bertz CT molecular complexity index is 557. The van der Waals surface area contributed by atoms with Crippen LogP contribution in [0.3, 0.4) is 0 Å². The van der Waals surface area contributed by atoms with Crippen molar-refractivity contribution in [2.45, 2.75) is 38.8 Å². The molecule has 96 valence electrons. The molecule has 1 aliphatic rings. The Hall–Kier alpha value is -0.940. The van der Waals surface area contributed by atoms with Gasteiger partial charge in [-0.3, -0.25) is 0 Å². The highest BCUT2D eigenvalue weighted by Gasteiger charge is 2.16. The minimum absolute atomic E-state index is 0.564. The van der Waals surface area contributed by atoms with Crippen molar-refractivity contribution in [2.24, 2.45) is 0 Å². The predicted octanol–water partition coefficient (Wildman–Crippen LogP) is 2.64. The summed E-state index contributed by atoms with van der Waals surface area (Å²) in [5, 5.41) is 3.58. The van der Waals surface area contributed by atoms with Crippen LogP contribution in [0.15, 0.2) is 16.7 Å². The normalized spacial score (nSPS) is 20.4. The van der Waals surface area contributed by atoms with E-state index in [2.05, 4.69) is 48.8 Å². The Kier molecular flexibility index (Phi) is 3.35. The summed E-state index contributed by atoms with van der Waals surface area (Å²) in [4.78, 5) is 8.88. The van der Waals surface area contributed by atoms with Gasteiger partial charge in [0.25, 0.3) is 0 Å². The van der Waals surface area contributed by atoms with Crippen molar-refractivity contribution >= 4 is 27.1 Å². The maximum atomic E-state index is 4.52. The highest BCUT2D eigenvalue weighted by Crippen LogP contribution is 2.20. The first kappa shape index (κ1) is 12.1. The SMILES string of the molecule is Cc1nc2ncc(Br)cc2n1C[C@@H]1CCCCN1. The van der Waals surface area contributed by atoms with Crippen LogP contribution in [-0.2, 0) is 6.54 Å². The third-order valence-electron chi connectivity index (χ3n) is 3.58. The molecular weight excluding hydrogens is 292 g/mol. The van der Waals surface area contributed by atoms with Crippen molar-refractivity contribution in [3.8, 4) is 0 Å². The highest BCUT2D eigenvalue weighted by molar-refractivity contribution is 9.10. The van der Waals surface area contributed by atoms with Crippen molar-refractivity contribution in [1.29, 1.82) is 0 Å². The number of rotatable bonds is 2. The largest absolute Gasteiger partial charge is 0.325 e. The van der Waals surface area contributed by atoms with E-state index in [1.807, 2.05) is 0 Å². The number of nitrogens with one attached hydrogen (secondary N) is 1. The summed E-state index contributed by atoms with van der Waals surface area (Å²) >= 11 is 3.48. The average Bonchev–Trinajstić information content (AvgIpc) is 2.67. The van der Waals surface area contributed by atoms with E-state index in [4.69, 9.17) is 0 Å². The van der Waals surface area contributed by atoms with Gasteiger partial charge < -0.3 is 9.88 Å². The molecule has 1 N–H and O–H groups in total. The van der Waals surface area contributed by atoms with Gasteiger partial charge in [-0.1, -0.05) is 6.42 Å². The lowest BCUT2D eigenvalue weighted by Gasteiger charge is -2.24. The summed E-state index contributed by atoms with van der Waals surface area (Å²) in [6.07, 6.45) is 5.68. The van der Waals surface area contributed by atoms with Gasteiger partial charge in [-0.05, 0) is 48.3 Å². The molecule has 1 fully saturated rings. The lowest BCUT2D eigenvalue weighted by molar-refractivity contribution is 0.364. The first-order valence-electron chi connectivity index (χ1n) is 6.46. The Labute approximate surface area is 115 Å². The molecule has 1 aliphatic heterocycles. The lowest BCUT2D eigenvalue weighted by Crippen LogP contribution is -2.37. The molecule has 0 spiro atoms. The lowest BCUT2D eigenvalue weighted by atomic mass is 10.1. The second-order valence-corrected chi connectivity index (χ2v) is 5.83. The first-order valence-corrected chi connectivity index (χ1v) is 7.25. The molecule has 2 aromatic heterocycles. The van der Waals surface area contributed by atoms with E-state index in [1.165, 1.54) is 19.3 Å². The molecule has 0 unspecified atom stereocenters. The number of piperidine rings is 1. The van der Waals surface area contributed by atoms with Gasteiger partial charge in [-0.2, -0.15) is 0 Å². The summed E-state index contributed by atoms with van der Waals surface area (Å²) in [7, 11) is 0. The third kappa shape index (κ3) is 2.29. The molecule has 0 saturated carbocycles. The van der Waals surface area contributed by atoms with Crippen LogP contribution in [-0.4, -0.2) is 27.1 Å². The number of hydrogen-bond donors (Lipinski definition) is 1. The maximum absolute atomic E-state index is 4.52. The van der Waals surface area contributed by atoms with Crippen molar-refractivity contribution in [2.75, 3.05) is 6.54 Å². The fourth-order valence-electron chi connectivity index (χ4n) is 2.62. The topological polar surface area (TPSA) is 42.7 Å². The summed E-state index contributed by atoms with van der Waals surface area (Å²) < 4.78 is 3.28. The number of fused-ring (bicyclic) bond motifs is 1. The zero-order chi connectivity index (χ0) is 12.5. The second kappa shape index (κ2) is 4.97. The van der Waals surface area contributed by atoms with Crippen LogP contribution in [0.5, 0.6) is 0 Å². The molecule has 0 aliphatic carbocycles. The fourth-order valence-corrected chi connectivity index (χ4v) is 2.94. The van der Waals surface area contributed by atoms with Gasteiger partial charge in [0.15, 0.2) is 5.65 Å². The van der Waals surface area contributed by atoms with Gasteiger partial charge in [0.05, 0.1) is 5.52 Å². The van der Waals surface area contributed by atoms with Gasteiger partial charge in [0.2, 0.25) is 0 Å². The molecule has 4 nitrogen and oxygen atoms in total. The molecule has 0 amide bonds. The smallest absolute Gasteiger partial charge is 0.177 e. The molecule has 3 rings (SSSR count). The van der Waals surface area contributed by atoms with Crippen LogP contribution in [0.25, 0.3) is 11.2 Å². The predicted molar refractivity (Wildman–Crippen MR) is 75.6 cm³/mol. The molecule has 0 aromatic carbocycles.